The van der Waals surface area contributed by atoms with Gasteiger partial charge in [-0.3, -0.25) is 4.79 Å². The molecule has 3 rings (SSSR count). The van der Waals surface area contributed by atoms with E-state index in [1.54, 1.807) is 17.3 Å². The van der Waals surface area contributed by atoms with Gasteiger partial charge in [0.25, 0.3) is 5.91 Å². The van der Waals surface area contributed by atoms with Crippen LogP contribution in [0, 0.1) is 0 Å². The molecule has 1 heterocycles. The number of benzene rings is 2. The molecular weight excluding hydrogens is 336 g/mol. The van der Waals surface area contributed by atoms with Gasteiger partial charge in [-0.1, -0.05) is 50.2 Å². The van der Waals surface area contributed by atoms with E-state index in [2.05, 4.69) is 35.2 Å². The summed E-state index contributed by atoms with van der Waals surface area (Å²) in [6.07, 6.45) is 3.14. The number of aromatic nitrogens is 2. The number of carbonyl (C=O) groups excluding carboxylic acids is 1. The van der Waals surface area contributed by atoms with E-state index in [9.17, 15) is 4.79 Å². The van der Waals surface area contributed by atoms with Crippen molar-refractivity contribution in [1.29, 1.82) is 0 Å². The molecule has 27 heavy (non-hydrogen) atoms. The summed E-state index contributed by atoms with van der Waals surface area (Å²) in [5, 5.41) is 3.25. The minimum Gasteiger partial charge on any atom is -0.324 e. The zero-order chi connectivity index (χ0) is 19.2. The lowest BCUT2D eigenvalue weighted by Crippen LogP contribution is -2.30. The van der Waals surface area contributed by atoms with Crippen LogP contribution in [0.15, 0.2) is 67.0 Å². The van der Waals surface area contributed by atoms with E-state index in [4.69, 9.17) is 0 Å². The van der Waals surface area contributed by atoms with Crippen LogP contribution in [-0.4, -0.2) is 22.4 Å². The molecule has 0 saturated carbocycles. The lowest BCUT2D eigenvalue weighted by atomic mass is 10.0. The minimum absolute atomic E-state index is 0.113. The minimum atomic E-state index is -0.113. The Morgan fingerprint density at radius 1 is 1.00 bits per heavy atom. The van der Waals surface area contributed by atoms with Gasteiger partial charge >= 0.3 is 0 Å². The summed E-state index contributed by atoms with van der Waals surface area (Å²) in [6.45, 7) is 6.81. The second-order valence-electron chi connectivity index (χ2n) is 6.55. The molecule has 0 aliphatic carbocycles. The summed E-state index contributed by atoms with van der Waals surface area (Å²) in [4.78, 5) is 23.2. The summed E-state index contributed by atoms with van der Waals surface area (Å²) in [7, 11) is 0. The van der Waals surface area contributed by atoms with Crippen LogP contribution in [0.5, 0.6) is 0 Å². The molecule has 0 aliphatic rings. The maximum atomic E-state index is 12.8. The highest BCUT2D eigenvalue weighted by Gasteiger charge is 2.17. The highest BCUT2D eigenvalue weighted by atomic mass is 16.2. The highest BCUT2D eigenvalue weighted by molar-refractivity contribution is 6.05. The molecule has 0 radical (unpaired) electrons. The summed E-state index contributed by atoms with van der Waals surface area (Å²) in [6, 6.07) is 17.7. The van der Waals surface area contributed by atoms with Crippen LogP contribution in [0.1, 0.15) is 42.6 Å². The maximum Gasteiger partial charge on any atom is 0.261 e. The van der Waals surface area contributed by atoms with Gasteiger partial charge in [0, 0.05) is 30.3 Å². The van der Waals surface area contributed by atoms with Gasteiger partial charge < -0.3 is 10.2 Å². The van der Waals surface area contributed by atoms with Crippen LogP contribution < -0.4 is 10.2 Å². The van der Waals surface area contributed by atoms with Gasteiger partial charge in [-0.25, -0.2) is 9.97 Å². The first-order chi connectivity index (χ1) is 13.1. The Morgan fingerprint density at radius 2 is 1.63 bits per heavy atom. The van der Waals surface area contributed by atoms with E-state index in [-0.39, 0.29) is 5.91 Å². The zero-order valence-corrected chi connectivity index (χ0v) is 15.9. The summed E-state index contributed by atoms with van der Waals surface area (Å²) >= 11 is 0. The summed E-state index contributed by atoms with van der Waals surface area (Å²) in [5.74, 6) is 0.749. The van der Waals surface area contributed by atoms with Crippen molar-refractivity contribution in [2.45, 2.75) is 26.7 Å². The van der Waals surface area contributed by atoms with E-state index in [0.29, 0.717) is 24.0 Å². The zero-order valence-electron chi connectivity index (χ0n) is 15.9. The average molecular weight is 360 g/mol. The predicted octanol–water partition coefficient (Wildman–Crippen LogP) is 5.01. The molecule has 2 aromatic carbocycles. The summed E-state index contributed by atoms with van der Waals surface area (Å²) < 4.78 is 0. The van der Waals surface area contributed by atoms with Crippen LogP contribution in [0.2, 0.25) is 0 Å². The quantitative estimate of drug-likeness (QED) is 0.671. The maximum absolute atomic E-state index is 12.8. The van der Waals surface area contributed by atoms with Gasteiger partial charge in [-0.05, 0) is 36.6 Å². The largest absolute Gasteiger partial charge is 0.324 e. The molecule has 138 valence electrons. The molecule has 0 saturated heterocycles. The molecule has 0 unspecified atom stereocenters. The smallest absolute Gasteiger partial charge is 0.261 e. The van der Waals surface area contributed by atoms with Gasteiger partial charge in [0.15, 0.2) is 0 Å². The van der Waals surface area contributed by atoms with Gasteiger partial charge in [0.2, 0.25) is 5.95 Å². The van der Waals surface area contributed by atoms with E-state index in [1.807, 2.05) is 55.5 Å². The van der Waals surface area contributed by atoms with Gasteiger partial charge in [-0.2, -0.15) is 0 Å². The van der Waals surface area contributed by atoms with Crippen molar-refractivity contribution in [2.24, 2.45) is 0 Å². The van der Waals surface area contributed by atoms with Crippen LogP contribution >= 0.6 is 0 Å². The molecule has 0 atom stereocenters. The molecule has 0 fully saturated rings. The number of amides is 1. The first-order valence-corrected chi connectivity index (χ1v) is 9.15. The number of carbonyl (C=O) groups is 1. The van der Waals surface area contributed by atoms with Crippen LogP contribution in [0.25, 0.3) is 0 Å². The molecule has 1 amide bonds. The third-order valence-electron chi connectivity index (χ3n) is 4.36. The number of anilines is 3. The molecule has 1 N–H and O–H groups in total. The lowest BCUT2D eigenvalue weighted by Gasteiger charge is -2.20. The SMILES string of the molecule is CCN(C(=O)c1cnc(Nc2ccccc2C(C)C)nc1)c1ccccc1. The Bertz CT molecular complexity index is 892. The van der Waals surface area contributed by atoms with Crippen LogP contribution in [-0.2, 0) is 0 Å². The third-order valence-corrected chi connectivity index (χ3v) is 4.36. The normalized spacial score (nSPS) is 10.7. The number of nitrogens with one attached hydrogen (secondary N) is 1. The number of para-hydroxylation sites is 2. The monoisotopic (exact) mass is 360 g/mol. The van der Waals surface area contributed by atoms with Gasteiger partial charge in [0.1, 0.15) is 0 Å². The third kappa shape index (κ3) is 4.31. The predicted molar refractivity (Wildman–Crippen MR) is 110 cm³/mol. The van der Waals surface area contributed by atoms with Gasteiger partial charge in [0.05, 0.1) is 5.56 Å². The van der Waals surface area contributed by atoms with Crippen molar-refractivity contribution in [3.05, 3.63) is 78.1 Å². The molecular formula is C22H24N4O. The first-order valence-electron chi connectivity index (χ1n) is 9.15. The molecule has 0 aliphatic heterocycles. The Balaban J connectivity index is 1.78. The fraction of sp³-hybridized carbons (Fsp3) is 0.227. The molecule has 3 aromatic rings. The highest BCUT2D eigenvalue weighted by Crippen LogP contribution is 2.25. The number of nitrogens with zero attached hydrogens (tertiary/aromatic N) is 3. The Labute approximate surface area is 160 Å². The van der Waals surface area contributed by atoms with Crippen molar-refractivity contribution in [1.82, 2.24) is 9.97 Å². The van der Waals surface area contributed by atoms with E-state index in [1.165, 1.54) is 5.56 Å². The van der Waals surface area contributed by atoms with Crippen molar-refractivity contribution in [3.8, 4) is 0 Å². The molecule has 0 spiro atoms. The molecule has 1 aromatic heterocycles. The Hall–Kier alpha value is -3.21. The second-order valence-corrected chi connectivity index (χ2v) is 6.55. The van der Waals surface area contributed by atoms with E-state index < -0.39 is 0 Å². The van der Waals surface area contributed by atoms with E-state index in [0.717, 1.165) is 11.4 Å². The van der Waals surface area contributed by atoms with Crippen molar-refractivity contribution >= 4 is 23.2 Å². The number of rotatable bonds is 6. The van der Waals surface area contributed by atoms with Crippen LogP contribution in [0.4, 0.5) is 17.3 Å². The van der Waals surface area contributed by atoms with Crippen molar-refractivity contribution in [2.75, 3.05) is 16.8 Å². The number of hydrogen-bond donors (Lipinski definition) is 1. The fourth-order valence-corrected chi connectivity index (χ4v) is 2.94. The molecule has 5 heteroatoms. The second kappa shape index (κ2) is 8.45. The Morgan fingerprint density at radius 3 is 2.26 bits per heavy atom. The Kier molecular flexibility index (Phi) is 5.81. The lowest BCUT2D eigenvalue weighted by molar-refractivity contribution is 0.0987. The average Bonchev–Trinajstić information content (AvgIpc) is 2.70. The fourth-order valence-electron chi connectivity index (χ4n) is 2.94. The molecule has 5 nitrogen and oxygen atoms in total. The van der Waals surface area contributed by atoms with Crippen LogP contribution in [0.3, 0.4) is 0 Å². The topological polar surface area (TPSA) is 58.1 Å². The standard InChI is InChI=1S/C22H24N4O/c1-4-26(18-10-6-5-7-11-18)21(27)17-14-23-22(24-15-17)25-20-13-9-8-12-19(20)16(2)3/h5-16H,4H2,1-3H3,(H,23,24,25). The molecule has 0 bridgehead atoms. The summed E-state index contributed by atoms with van der Waals surface area (Å²) in [5.41, 5.74) is 3.50. The van der Waals surface area contributed by atoms with Crippen molar-refractivity contribution < 1.29 is 4.79 Å². The van der Waals surface area contributed by atoms with Crippen molar-refractivity contribution in [3.63, 3.8) is 0 Å². The first kappa shape index (κ1) is 18.6. The van der Waals surface area contributed by atoms with E-state index >= 15 is 0 Å². The van der Waals surface area contributed by atoms with Gasteiger partial charge in [-0.15, -0.1) is 0 Å². The number of hydrogen-bond acceptors (Lipinski definition) is 4.